The first-order valence-electron chi connectivity index (χ1n) is 8.74. The van der Waals surface area contributed by atoms with Gasteiger partial charge in [-0.05, 0) is 24.3 Å². The average Bonchev–Trinajstić information content (AvgIpc) is 2.55. The van der Waals surface area contributed by atoms with Gasteiger partial charge in [0.1, 0.15) is 6.04 Å². The van der Waals surface area contributed by atoms with Crippen LogP contribution in [0.25, 0.3) is 10.8 Å². The molecular weight excluding hydrogens is 334 g/mol. The van der Waals surface area contributed by atoms with Crippen LogP contribution < -0.4 is 10.9 Å². The van der Waals surface area contributed by atoms with E-state index >= 15 is 0 Å². The van der Waals surface area contributed by atoms with E-state index in [1.54, 1.807) is 24.3 Å². The van der Waals surface area contributed by atoms with Crippen LogP contribution >= 0.6 is 0 Å². The van der Waals surface area contributed by atoms with E-state index in [1.165, 1.54) is 4.68 Å². The second-order valence-corrected chi connectivity index (χ2v) is 7.27. The second-order valence-electron chi connectivity index (χ2n) is 7.27. The van der Waals surface area contributed by atoms with Gasteiger partial charge in [-0.15, -0.1) is 0 Å². The number of nitrogens with zero attached hydrogens (tertiary/aromatic N) is 2. The highest BCUT2D eigenvalue weighted by atomic mass is 16.4. The number of carbonyl (C=O) groups is 2. The van der Waals surface area contributed by atoms with Crippen molar-refractivity contribution in [2.75, 3.05) is 0 Å². The topological polar surface area (TPSA) is 101 Å². The minimum Gasteiger partial charge on any atom is -0.480 e. The summed E-state index contributed by atoms with van der Waals surface area (Å²) in [5, 5.41) is 16.9. The molecule has 0 radical (unpaired) electrons. The summed E-state index contributed by atoms with van der Waals surface area (Å²) in [6.07, 6.45) is 0.310. The van der Waals surface area contributed by atoms with Crippen LogP contribution in [0, 0.1) is 11.8 Å². The van der Waals surface area contributed by atoms with Crippen molar-refractivity contribution in [2.24, 2.45) is 11.8 Å². The van der Waals surface area contributed by atoms with Gasteiger partial charge in [-0.25, -0.2) is 9.48 Å². The molecular formula is C19H25N3O4. The van der Waals surface area contributed by atoms with Crippen molar-refractivity contribution < 1.29 is 14.7 Å². The fraction of sp³-hybridized carbons (Fsp3) is 0.474. The SMILES string of the molecule is CC(C)C[C@@H](NC(=O)c1nn(CC(C)C)c(=O)c2ccccc12)C(=O)O. The summed E-state index contributed by atoms with van der Waals surface area (Å²) in [7, 11) is 0. The molecule has 0 aliphatic heterocycles. The van der Waals surface area contributed by atoms with E-state index < -0.39 is 17.9 Å². The van der Waals surface area contributed by atoms with Crippen molar-refractivity contribution in [1.29, 1.82) is 0 Å². The van der Waals surface area contributed by atoms with Crippen molar-refractivity contribution in [3.63, 3.8) is 0 Å². The molecule has 140 valence electrons. The zero-order valence-corrected chi connectivity index (χ0v) is 15.5. The summed E-state index contributed by atoms with van der Waals surface area (Å²) >= 11 is 0. The Kier molecular flexibility index (Phi) is 6.13. The number of hydrogen-bond acceptors (Lipinski definition) is 4. The molecule has 2 aromatic rings. The number of fused-ring (bicyclic) bond motifs is 1. The molecule has 1 amide bonds. The standard InChI is InChI=1S/C19H25N3O4/c1-11(2)9-15(19(25)26)20-17(23)16-13-7-5-6-8-14(13)18(24)22(21-16)10-12(3)4/h5-8,11-12,15H,9-10H2,1-4H3,(H,20,23)(H,25,26)/t15-/m1/s1. The summed E-state index contributed by atoms with van der Waals surface area (Å²) in [6.45, 7) is 8.05. The van der Waals surface area contributed by atoms with Crippen molar-refractivity contribution >= 4 is 22.6 Å². The molecule has 2 rings (SSSR count). The van der Waals surface area contributed by atoms with Crippen LogP contribution in [0.1, 0.15) is 44.6 Å². The van der Waals surface area contributed by atoms with Gasteiger partial charge in [-0.1, -0.05) is 45.9 Å². The van der Waals surface area contributed by atoms with Gasteiger partial charge >= 0.3 is 5.97 Å². The molecule has 7 heteroatoms. The van der Waals surface area contributed by atoms with E-state index in [0.29, 0.717) is 23.7 Å². The van der Waals surface area contributed by atoms with Crippen molar-refractivity contribution in [2.45, 2.75) is 46.7 Å². The highest BCUT2D eigenvalue weighted by Gasteiger charge is 2.24. The Labute approximate surface area is 152 Å². The summed E-state index contributed by atoms with van der Waals surface area (Å²) in [4.78, 5) is 36.8. The number of aromatic nitrogens is 2. The predicted octanol–water partition coefficient (Wildman–Crippen LogP) is 2.28. The lowest BCUT2D eigenvalue weighted by Gasteiger charge is -2.17. The third-order valence-electron chi connectivity index (χ3n) is 3.93. The molecule has 0 saturated heterocycles. The second kappa shape index (κ2) is 8.12. The fourth-order valence-electron chi connectivity index (χ4n) is 2.79. The molecule has 0 spiro atoms. The van der Waals surface area contributed by atoms with E-state index in [2.05, 4.69) is 10.4 Å². The quantitative estimate of drug-likeness (QED) is 0.790. The smallest absolute Gasteiger partial charge is 0.326 e. The number of aliphatic carboxylic acids is 1. The Morgan fingerprint density at radius 1 is 1.12 bits per heavy atom. The number of carbonyl (C=O) groups excluding carboxylic acids is 1. The van der Waals surface area contributed by atoms with Crippen LogP contribution in [0.4, 0.5) is 0 Å². The molecule has 1 atom stereocenters. The number of benzene rings is 1. The Hall–Kier alpha value is -2.70. The Bertz CT molecular complexity index is 871. The van der Waals surface area contributed by atoms with E-state index in [0.717, 1.165) is 0 Å². The molecule has 0 aliphatic rings. The number of carboxylic acids is 1. The number of carboxylic acid groups (broad SMARTS) is 1. The molecule has 1 aromatic heterocycles. The van der Waals surface area contributed by atoms with Gasteiger partial charge in [0.2, 0.25) is 0 Å². The monoisotopic (exact) mass is 359 g/mol. The first kappa shape index (κ1) is 19.6. The summed E-state index contributed by atoms with van der Waals surface area (Å²) < 4.78 is 1.28. The maximum atomic E-state index is 12.8. The van der Waals surface area contributed by atoms with Crippen molar-refractivity contribution in [1.82, 2.24) is 15.1 Å². The minimum atomic E-state index is -1.09. The van der Waals surface area contributed by atoms with Gasteiger partial charge in [-0.2, -0.15) is 5.10 Å². The van der Waals surface area contributed by atoms with Crippen LogP contribution in [-0.2, 0) is 11.3 Å². The number of nitrogens with one attached hydrogen (secondary N) is 1. The lowest BCUT2D eigenvalue weighted by Crippen LogP contribution is -2.42. The molecule has 0 bridgehead atoms. The third kappa shape index (κ3) is 4.47. The largest absolute Gasteiger partial charge is 0.480 e. The number of amides is 1. The molecule has 0 aliphatic carbocycles. The summed E-state index contributed by atoms with van der Waals surface area (Å²) in [5.74, 6) is -1.40. The van der Waals surface area contributed by atoms with E-state index in [4.69, 9.17) is 0 Å². The molecule has 0 fully saturated rings. The van der Waals surface area contributed by atoms with Gasteiger partial charge < -0.3 is 10.4 Å². The molecule has 0 unspecified atom stereocenters. The van der Waals surface area contributed by atoms with Gasteiger partial charge in [-0.3, -0.25) is 9.59 Å². The van der Waals surface area contributed by atoms with Crippen LogP contribution in [0.5, 0.6) is 0 Å². The summed E-state index contributed by atoms with van der Waals surface area (Å²) in [5.41, 5.74) is -0.196. The molecule has 0 saturated carbocycles. The maximum absolute atomic E-state index is 12.8. The van der Waals surface area contributed by atoms with E-state index in [9.17, 15) is 19.5 Å². The zero-order valence-electron chi connectivity index (χ0n) is 15.5. The minimum absolute atomic E-state index is 0.0656. The molecule has 1 aromatic carbocycles. The van der Waals surface area contributed by atoms with Gasteiger partial charge in [0.05, 0.1) is 5.39 Å². The molecule has 7 nitrogen and oxygen atoms in total. The van der Waals surface area contributed by atoms with Crippen LogP contribution in [0.3, 0.4) is 0 Å². The molecule has 2 N–H and O–H groups in total. The first-order valence-corrected chi connectivity index (χ1v) is 8.74. The first-order chi connectivity index (χ1) is 12.2. The van der Waals surface area contributed by atoms with E-state index in [1.807, 2.05) is 27.7 Å². The van der Waals surface area contributed by atoms with E-state index in [-0.39, 0.29) is 23.1 Å². The van der Waals surface area contributed by atoms with Gasteiger partial charge in [0, 0.05) is 11.9 Å². The lowest BCUT2D eigenvalue weighted by atomic mass is 10.0. The predicted molar refractivity (Wildman–Crippen MR) is 99.2 cm³/mol. The average molecular weight is 359 g/mol. The Balaban J connectivity index is 2.50. The van der Waals surface area contributed by atoms with Gasteiger partial charge in [0.25, 0.3) is 11.5 Å². The Morgan fingerprint density at radius 2 is 1.73 bits per heavy atom. The number of hydrogen-bond donors (Lipinski definition) is 2. The highest BCUT2D eigenvalue weighted by molar-refractivity contribution is 6.05. The zero-order chi connectivity index (χ0) is 19.4. The third-order valence-corrected chi connectivity index (χ3v) is 3.93. The normalized spacial score (nSPS) is 12.5. The molecule has 1 heterocycles. The van der Waals surface area contributed by atoms with Crippen LogP contribution in [0.15, 0.2) is 29.1 Å². The number of rotatable bonds is 7. The summed E-state index contributed by atoms with van der Waals surface area (Å²) in [6, 6.07) is 5.74. The van der Waals surface area contributed by atoms with Crippen LogP contribution in [-0.4, -0.2) is 32.8 Å². The fourth-order valence-corrected chi connectivity index (χ4v) is 2.79. The van der Waals surface area contributed by atoms with Crippen LogP contribution in [0.2, 0.25) is 0 Å². The van der Waals surface area contributed by atoms with Crippen molar-refractivity contribution in [3.05, 3.63) is 40.3 Å². The Morgan fingerprint density at radius 3 is 2.27 bits per heavy atom. The lowest BCUT2D eigenvalue weighted by molar-refractivity contribution is -0.139. The van der Waals surface area contributed by atoms with Crippen molar-refractivity contribution in [3.8, 4) is 0 Å². The van der Waals surface area contributed by atoms with Gasteiger partial charge in [0.15, 0.2) is 5.69 Å². The molecule has 26 heavy (non-hydrogen) atoms. The maximum Gasteiger partial charge on any atom is 0.326 e. The highest BCUT2D eigenvalue weighted by Crippen LogP contribution is 2.15.